The Hall–Kier alpha value is -9.40. The molecule has 3 unspecified atom stereocenters. The third kappa shape index (κ3) is 25.2. The molecule has 38 heteroatoms. The molecule has 6 aliphatic carbocycles. The van der Waals surface area contributed by atoms with Crippen LogP contribution in [0.4, 0.5) is 18.4 Å². The van der Waals surface area contributed by atoms with Crippen LogP contribution >= 0.6 is 0 Å². The molecule has 8 amide bonds. The van der Waals surface area contributed by atoms with Crippen molar-refractivity contribution in [3.8, 4) is 0 Å². The van der Waals surface area contributed by atoms with E-state index in [-0.39, 0.29) is 169 Å². The van der Waals surface area contributed by atoms with Crippen molar-refractivity contribution in [1.82, 2.24) is 38.7 Å². The number of rotatable bonds is 17. The average Bonchev–Trinajstić information content (AvgIpc) is 1.57. The van der Waals surface area contributed by atoms with Gasteiger partial charge in [0.15, 0.2) is 17.3 Å². The number of nitrogens with one attached hydrogen (secondary N) is 3. The van der Waals surface area contributed by atoms with Crippen LogP contribution in [0.1, 0.15) is 306 Å². The summed E-state index contributed by atoms with van der Waals surface area (Å²) in [4.78, 5) is 187. The van der Waals surface area contributed by atoms with Gasteiger partial charge in [-0.3, -0.25) is 76.7 Å². The van der Waals surface area contributed by atoms with Crippen molar-refractivity contribution >= 4 is 107 Å². The second-order valence-corrected chi connectivity index (χ2v) is 54.1. The lowest BCUT2D eigenvalue weighted by Crippen LogP contribution is -2.52. The number of amides is 8. The van der Waals surface area contributed by atoms with Gasteiger partial charge < -0.3 is 44.5 Å². The van der Waals surface area contributed by atoms with E-state index in [1.54, 1.807) is 86.6 Å². The van der Waals surface area contributed by atoms with Crippen molar-refractivity contribution in [1.29, 1.82) is 0 Å². The highest BCUT2D eigenvalue weighted by atomic mass is 32.2. The van der Waals surface area contributed by atoms with Gasteiger partial charge in [0.1, 0.15) is 35.0 Å². The maximum absolute atomic E-state index is 14.9. The number of nitrogens with two attached hydrogens (primary N) is 1. The number of ketones is 3. The van der Waals surface area contributed by atoms with Gasteiger partial charge in [-0.15, -0.1) is 0 Å². The molecule has 0 aromatic heterocycles. The van der Waals surface area contributed by atoms with E-state index in [0.717, 1.165) is 38.5 Å². The predicted octanol–water partition coefficient (Wildman–Crippen LogP) is 13.2. The summed E-state index contributed by atoms with van der Waals surface area (Å²) in [6.07, 6.45) is 18.1. The highest BCUT2D eigenvalue weighted by Gasteiger charge is 2.67. The number of halogens is 2. The van der Waals surface area contributed by atoms with Gasteiger partial charge in [0.25, 0.3) is 0 Å². The van der Waals surface area contributed by atoms with Crippen LogP contribution in [-0.2, 0) is 128 Å². The summed E-state index contributed by atoms with van der Waals surface area (Å²) in [6.45, 7) is 27.7. The Bertz CT molecular complexity index is 5810. The number of carbonyl (C=O) groups excluding carboxylic acids is 13. The molecule has 0 spiro atoms. The Balaban J connectivity index is 0.000000174. The molecule has 9 fully saturated rings. The molecular weight excluding hydrogens is 1930 g/mol. The van der Waals surface area contributed by atoms with E-state index in [0.29, 0.717) is 106 Å². The van der Waals surface area contributed by atoms with Crippen molar-refractivity contribution in [2.75, 3.05) is 19.6 Å². The summed E-state index contributed by atoms with van der Waals surface area (Å²) in [5.74, 6) is -8.82. The van der Waals surface area contributed by atoms with Gasteiger partial charge in [0.2, 0.25) is 65.5 Å². The highest BCUT2D eigenvalue weighted by Crippen LogP contribution is 2.61. The number of hydrogen-bond acceptors (Lipinski definition) is 25. The second kappa shape index (κ2) is 42.9. The van der Waals surface area contributed by atoms with Gasteiger partial charge in [0.05, 0.1) is 112 Å². The number of aliphatic hydroxyl groups is 1. The summed E-state index contributed by atoms with van der Waals surface area (Å²) >= 11 is 0. The number of esters is 2. The van der Waals surface area contributed by atoms with Gasteiger partial charge in [-0.25, -0.2) is 43.6 Å². The van der Waals surface area contributed by atoms with Crippen LogP contribution in [0.15, 0.2) is 72.9 Å². The van der Waals surface area contributed by atoms with E-state index in [9.17, 15) is 101 Å². The first-order valence-corrected chi connectivity index (χ1v) is 56.8. The summed E-state index contributed by atoms with van der Waals surface area (Å²) in [6, 6.07) is 5.38. The van der Waals surface area contributed by atoms with Gasteiger partial charge in [-0.2, -0.15) is 0 Å². The molecular formula is C107H151F2N9O24S3. The molecule has 8 heterocycles. The third-order valence-corrected chi connectivity index (χ3v) is 40.0. The molecule has 0 bridgehead atoms. The van der Waals surface area contributed by atoms with Crippen LogP contribution in [0.25, 0.3) is 0 Å². The lowest BCUT2D eigenvalue weighted by molar-refractivity contribution is -0.160. The van der Waals surface area contributed by atoms with E-state index < -0.39 is 203 Å². The first kappa shape index (κ1) is 111. The molecule has 0 radical (unpaired) electrons. The zero-order chi connectivity index (χ0) is 106. The maximum atomic E-state index is 14.9. The predicted molar refractivity (Wildman–Crippen MR) is 532 cm³/mol. The summed E-state index contributed by atoms with van der Waals surface area (Å²) in [5.41, 5.74) is 3.50. The zero-order valence-corrected chi connectivity index (χ0v) is 89.1. The van der Waals surface area contributed by atoms with E-state index in [1.807, 2.05) is 57.2 Å². The number of sulfonamides is 3. The van der Waals surface area contributed by atoms with E-state index in [1.165, 1.54) is 36.6 Å². The summed E-state index contributed by atoms with van der Waals surface area (Å²) in [5, 5.41) is 10.6. The number of benzene rings is 2. The van der Waals surface area contributed by atoms with E-state index in [4.69, 9.17) is 24.7 Å². The van der Waals surface area contributed by atoms with E-state index in [2.05, 4.69) is 34.9 Å². The molecule has 800 valence electrons. The Morgan fingerprint density at radius 1 is 0.462 bits per heavy atom. The summed E-state index contributed by atoms with van der Waals surface area (Å²) in [7, 11) is -11.8. The molecule has 2 aromatic rings. The summed E-state index contributed by atoms with van der Waals surface area (Å²) < 4.78 is 134. The average molecular weight is 2080 g/mol. The molecule has 16 rings (SSSR count). The lowest BCUT2D eigenvalue weighted by Gasteiger charge is -2.33. The molecule has 2 aromatic carbocycles. The number of carbonyl (C=O) groups is 13. The Morgan fingerprint density at radius 3 is 1.16 bits per heavy atom. The van der Waals surface area contributed by atoms with Gasteiger partial charge >= 0.3 is 24.1 Å². The first-order chi connectivity index (χ1) is 67.8. The van der Waals surface area contributed by atoms with Crippen molar-refractivity contribution < 1.29 is 120 Å². The van der Waals surface area contributed by atoms with Crippen LogP contribution in [-0.4, -0.2) is 219 Å². The number of hydrogen-bond donors (Lipinski definition) is 5. The molecule has 145 heavy (non-hydrogen) atoms. The third-order valence-electron chi connectivity index (χ3n) is 33.5. The van der Waals surface area contributed by atoms with Crippen LogP contribution in [0, 0.1) is 93.0 Å². The maximum Gasteiger partial charge on any atom is 0.410 e. The smallest absolute Gasteiger partial charge is 0.410 e. The highest BCUT2D eigenvalue weighted by molar-refractivity contribution is 7.92. The second-order valence-electron chi connectivity index (χ2n) is 47.5. The minimum absolute atomic E-state index is 0.0138. The number of allylic oxidation sites excluding steroid dienone is 6. The number of nitrogens with zero attached hydrogens (tertiary/aromatic N) is 5. The fraction of sp³-hybridized carbons (Fsp3) is 0.710. The first-order valence-electron chi connectivity index (χ1n) is 52.3. The Kier molecular flexibility index (Phi) is 32.9. The van der Waals surface area contributed by atoms with Crippen LogP contribution in [0.5, 0.6) is 0 Å². The molecule has 33 nitrogen and oxygen atoms in total. The normalized spacial score (nSPS) is 33.5. The molecule has 3 saturated heterocycles. The molecule has 14 aliphatic rings. The van der Waals surface area contributed by atoms with Crippen LogP contribution in [0.3, 0.4) is 0 Å². The lowest BCUT2D eigenvalue weighted by atomic mass is 9.79. The fourth-order valence-corrected chi connectivity index (χ4v) is 27.0. The topological polar surface area (TPSA) is 460 Å². The number of aliphatic hydroxyl groups excluding tert-OH is 1. The largest absolute Gasteiger partial charge is 0.460 e. The molecule has 8 aliphatic heterocycles. The van der Waals surface area contributed by atoms with Gasteiger partial charge in [-0.05, 0) is 254 Å². The SMILES string of the molecule is CC1CC/C=C\[C@@H]2C[C@@]2(C(=O)NS(=O)(=O)C2(C)CC2)CC(=O)[C@@H]2C[C@@H](O)CN2C(=O)[C@@H](CC(=O)OC(C)(C)C)[C@H](C)C1.CC[C@@H]1CC(C)CC/C=C\[C@@H]2C[C@@]2(C(=O)NS(=O)(=O)C2(C)CC2)CC(=O)[C@@H]2C[C@@H](OC(=O)N3Cc4cccc(F)c4C3)CN2C(=O)[C@H]1CC(=O)OC(C)(C)C.CC[C@@H]1CC(C)CC/C=C\[C@@H]2C[C@@]2(C(=O)NS(=O)(=O)C2(C)CC2)CC(=O)[C@@H]2C[C@@H](OC(=O)N3Cc4cccc(F)c4C3)CN2C(=O)[C@H]1N. The number of Topliss-reactive ketones (excluding diaryl/α,β-unsaturated/α-hetero) is 3. The molecule has 6 saturated carbocycles. The van der Waals surface area contributed by atoms with Crippen LogP contribution in [0.2, 0.25) is 0 Å². The van der Waals surface area contributed by atoms with Crippen molar-refractivity contribution in [2.45, 2.75) is 378 Å². The minimum Gasteiger partial charge on any atom is -0.460 e. The standard InChI is InChI=1S/C41H56FN3O9S.C35H47FN4O7S.C31H48N2O8S/c1-7-26-17-25(2)11-8-9-13-28-20-41(28,37(49)43-55(51,52)40(6)15-16-40)21-34(46)33-18-29(23-45(33)36(48)30(26)19-35(47)54-39(3,4)5)53-38(50)44-22-27-12-10-14-32(42)31(27)24-44;1-4-22-14-21(2)8-5-6-10-24-16-35(24,32(43)38-48(45,46)34(3)12-13-34)17-29(41)28-15-25(19-40(28)31(42)30(22)37)47-33(44)39-18-23-9-7-11-27(36)26(23)20-39;1-19-9-7-8-10-21-16-31(21,28(38)32-42(39,40)30(6)11-12-30)17-25(35)24-14-22(34)18-33(24)27(37)23(20(2)13-19)15-26(36)41-29(3,4)5/h9-10,12-14,25-26,28-30,33H,7-8,11,15-24H2,1-6H3,(H,43,49);6-7,9-11,21-22,24-25,28,30H,4-5,8,12-20,37H2,1-3H3,(H,38,43);8,10,19-24,34H,7,9,11-18H2,1-6H3,(H,32,38)/b13-9-;10-6-;10-8-/t25?,26-,28-,29-,30+,33+,41-;21?,22-,24-,25-,28+,30+,35-;19?,20-,21-,22-,23+,24+,31-/m111/s1. The van der Waals surface area contributed by atoms with E-state index >= 15 is 0 Å². The van der Waals surface area contributed by atoms with Crippen molar-refractivity contribution in [3.63, 3.8) is 0 Å². The Morgan fingerprint density at radius 2 is 0.800 bits per heavy atom. The zero-order valence-electron chi connectivity index (χ0n) is 86.7. The Labute approximate surface area is 852 Å². The van der Waals surface area contributed by atoms with Gasteiger partial charge in [0, 0.05) is 69.3 Å². The molecule has 6 N–H and O–H groups in total. The minimum atomic E-state index is -3.99. The quantitative estimate of drug-likeness (QED) is 0.0558. The van der Waals surface area contributed by atoms with Crippen LogP contribution < -0.4 is 19.9 Å². The van der Waals surface area contributed by atoms with Crippen molar-refractivity contribution in [2.24, 2.45) is 87.1 Å². The molecule has 21 atom stereocenters. The number of ether oxygens (including phenoxy) is 4. The number of fused-ring (bicyclic) bond motifs is 8. The monoisotopic (exact) mass is 2080 g/mol. The van der Waals surface area contributed by atoms with Gasteiger partial charge in [-0.1, -0.05) is 115 Å². The van der Waals surface area contributed by atoms with Crippen molar-refractivity contribution in [3.05, 3.63) is 107 Å². The fourth-order valence-electron chi connectivity index (χ4n) is 23.0.